The first-order valence-corrected chi connectivity index (χ1v) is 8.43. The van der Waals surface area contributed by atoms with Crippen LogP contribution in [0.5, 0.6) is 0 Å². The molecule has 2 aromatic carbocycles. The van der Waals surface area contributed by atoms with E-state index in [0.717, 1.165) is 11.3 Å². The van der Waals surface area contributed by atoms with Crippen LogP contribution in [0.15, 0.2) is 48.5 Å². The molecule has 0 spiro atoms. The quantitative estimate of drug-likeness (QED) is 0.724. The Bertz CT molecular complexity index is 724. The molecule has 0 aromatic heterocycles. The number of rotatable bonds is 7. The summed E-state index contributed by atoms with van der Waals surface area (Å²) in [6.45, 7) is 6.78. The number of anilines is 2. The van der Waals surface area contributed by atoms with Crippen LogP contribution >= 0.6 is 0 Å². The molecule has 0 fully saturated rings. The highest BCUT2D eigenvalue weighted by atomic mass is 16.2. The average molecular weight is 339 g/mol. The molecule has 2 amide bonds. The van der Waals surface area contributed by atoms with Crippen molar-refractivity contribution in [2.75, 3.05) is 23.7 Å². The zero-order valence-corrected chi connectivity index (χ0v) is 14.9. The Morgan fingerprint density at radius 2 is 1.68 bits per heavy atom. The Hall–Kier alpha value is -2.82. The minimum Gasteiger partial charge on any atom is -0.376 e. The van der Waals surface area contributed by atoms with Crippen LogP contribution in [-0.2, 0) is 4.79 Å². The van der Waals surface area contributed by atoms with Gasteiger partial charge in [-0.25, -0.2) is 0 Å². The normalized spacial score (nSPS) is 10.4. The molecule has 0 saturated carbocycles. The lowest BCUT2D eigenvalue weighted by atomic mass is 10.1. The summed E-state index contributed by atoms with van der Waals surface area (Å²) in [5.41, 5.74) is 3.06. The smallest absolute Gasteiger partial charge is 0.253 e. The maximum Gasteiger partial charge on any atom is 0.253 e. The first kappa shape index (κ1) is 18.5. The molecule has 5 heteroatoms. The molecular formula is C20H25N3O2. The van der Waals surface area contributed by atoms with E-state index in [1.165, 1.54) is 0 Å². The third-order valence-corrected chi connectivity index (χ3v) is 3.62. The fourth-order valence-electron chi connectivity index (χ4n) is 2.24. The Kier molecular flexibility index (Phi) is 6.57. The second-order valence-electron chi connectivity index (χ2n) is 6.42. The number of carbonyl (C=O) groups is 2. The first-order valence-electron chi connectivity index (χ1n) is 8.43. The fourth-order valence-corrected chi connectivity index (χ4v) is 2.24. The van der Waals surface area contributed by atoms with Gasteiger partial charge in [0.25, 0.3) is 5.91 Å². The topological polar surface area (TPSA) is 70.2 Å². The molecule has 5 nitrogen and oxygen atoms in total. The molecule has 0 aliphatic heterocycles. The molecule has 0 atom stereocenters. The molecule has 0 unspecified atom stereocenters. The molecule has 0 aliphatic rings. The van der Waals surface area contributed by atoms with Gasteiger partial charge in [0, 0.05) is 17.9 Å². The predicted molar refractivity (Wildman–Crippen MR) is 102 cm³/mol. The van der Waals surface area contributed by atoms with Gasteiger partial charge in [-0.05, 0) is 37.1 Å². The molecule has 25 heavy (non-hydrogen) atoms. The van der Waals surface area contributed by atoms with Crippen LogP contribution in [-0.4, -0.2) is 24.9 Å². The van der Waals surface area contributed by atoms with Gasteiger partial charge in [0.1, 0.15) is 0 Å². The van der Waals surface area contributed by atoms with E-state index in [-0.39, 0.29) is 18.4 Å². The van der Waals surface area contributed by atoms with Crippen molar-refractivity contribution in [2.45, 2.75) is 20.8 Å². The minimum absolute atomic E-state index is 0.0857. The van der Waals surface area contributed by atoms with Crippen LogP contribution in [0, 0.1) is 12.8 Å². The van der Waals surface area contributed by atoms with Crippen LogP contribution in [0.25, 0.3) is 0 Å². The van der Waals surface area contributed by atoms with Crippen LogP contribution in [0.4, 0.5) is 11.4 Å². The molecule has 132 valence electrons. The maximum absolute atomic E-state index is 12.3. The van der Waals surface area contributed by atoms with Crippen molar-refractivity contribution >= 4 is 23.2 Å². The SMILES string of the molecule is Cc1ccc(NC(=O)CNc2ccccc2C(=O)NCC(C)C)cc1. The Balaban J connectivity index is 1.94. The maximum atomic E-state index is 12.3. The molecule has 2 aromatic rings. The van der Waals surface area contributed by atoms with Crippen molar-refractivity contribution in [1.29, 1.82) is 0 Å². The lowest BCUT2D eigenvalue weighted by Crippen LogP contribution is -2.29. The van der Waals surface area contributed by atoms with Crippen molar-refractivity contribution in [1.82, 2.24) is 5.32 Å². The highest BCUT2D eigenvalue weighted by molar-refractivity contribution is 6.00. The molecule has 0 heterocycles. The molecule has 0 saturated heterocycles. The summed E-state index contributed by atoms with van der Waals surface area (Å²) in [6.07, 6.45) is 0. The van der Waals surface area contributed by atoms with E-state index in [1.54, 1.807) is 12.1 Å². The van der Waals surface area contributed by atoms with Crippen LogP contribution < -0.4 is 16.0 Å². The van der Waals surface area contributed by atoms with Gasteiger partial charge in [0.05, 0.1) is 12.1 Å². The van der Waals surface area contributed by atoms with Gasteiger partial charge in [-0.1, -0.05) is 43.7 Å². The van der Waals surface area contributed by atoms with E-state index in [4.69, 9.17) is 0 Å². The van der Waals surface area contributed by atoms with Gasteiger partial charge < -0.3 is 16.0 Å². The van der Waals surface area contributed by atoms with Crippen molar-refractivity contribution in [3.8, 4) is 0 Å². The summed E-state index contributed by atoms with van der Waals surface area (Å²) in [5, 5.41) is 8.76. The predicted octanol–water partition coefficient (Wildman–Crippen LogP) is 3.43. The van der Waals surface area contributed by atoms with Crippen molar-refractivity contribution in [2.24, 2.45) is 5.92 Å². The summed E-state index contributed by atoms with van der Waals surface area (Å²) in [5.74, 6) is 0.0707. The van der Waals surface area contributed by atoms with Gasteiger partial charge in [-0.3, -0.25) is 9.59 Å². The summed E-state index contributed by atoms with van der Waals surface area (Å²) < 4.78 is 0. The number of hydrogen-bond acceptors (Lipinski definition) is 3. The van der Waals surface area contributed by atoms with Crippen molar-refractivity contribution in [3.05, 3.63) is 59.7 Å². The number of amides is 2. The Morgan fingerprint density at radius 1 is 1.00 bits per heavy atom. The van der Waals surface area contributed by atoms with Gasteiger partial charge in [-0.2, -0.15) is 0 Å². The highest BCUT2D eigenvalue weighted by Crippen LogP contribution is 2.15. The molecular weight excluding hydrogens is 314 g/mol. The van der Waals surface area contributed by atoms with Gasteiger partial charge in [0.15, 0.2) is 0 Å². The Morgan fingerprint density at radius 3 is 2.36 bits per heavy atom. The molecule has 0 aliphatic carbocycles. The Labute approximate surface area is 148 Å². The molecule has 0 radical (unpaired) electrons. The molecule has 2 rings (SSSR count). The van der Waals surface area contributed by atoms with Gasteiger partial charge in [0.2, 0.25) is 5.91 Å². The van der Waals surface area contributed by atoms with E-state index < -0.39 is 0 Å². The zero-order chi connectivity index (χ0) is 18.2. The van der Waals surface area contributed by atoms with Crippen LogP contribution in [0.3, 0.4) is 0 Å². The van der Waals surface area contributed by atoms with Crippen molar-refractivity contribution in [3.63, 3.8) is 0 Å². The van der Waals surface area contributed by atoms with E-state index in [0.29, 0.717) is 23.7 Å². The standard InChI is InChI=1S/C20H25N3O2/c1-14(2)12-22-20(25)17-6-4-5-7-18(17)21-13-19(24)23-16-10-8-15(3)9-11-16/h4-11,14,21H,12-13H2,1-3H3,(H,22,25)(H,23,24). The molecule has 0 bridgehead atoms. The monoisotopic (exact) mass is 339 g/mol. The average Bonchev–Trinajstić information content (AvgIpc) is 2.60. The zero-order valence-electron chi connectivity index (χ0n) is 14.9. The third kappa shape index (κ3) is 5.95. The van der Waals surface area contributed by atoms with Crippen LogP contribution in [0.2, 0.25) is 0 Å². The first-order chi connectivity index (χ1) is 12.0. The van der Waals surface area contributed by atoms with Crippen LogP contribution in [0.1, 0.15) is 29.8 Å². The van der Waals surface area contributed by atoms with E-state index in [9.17, 15) is 9.59 Å². The number of carbonyl (C=O) groups excluding carboxylic acids is 2. The molecule has 3 N–H and O–H groups in total. The minimum atomic E-state index is -0.166. The van der Waals surface area contributed by atoms with Crippen molar-refractivity contribution < 1.29 is 9.59 Å². The van der Waals surface area contributed by atoms with E-state index >= 15 is 0 Å². The number of hydrogen-bond donors (Lipinski definition) is 3. The summed E-state index contributed by atoms with van der Waals surface area (Å²) in [6, 6.07) is 14.8. The number of aryl methyl sites for hydroxylation is 1. The van der Waals surface area contributed by atoms with Gasteiger partial charge in [-0.15, -0.1) is 0 Å². The lowest BCUT2D eigenvalue weighted by molar-refractivity contribution is -0.114. The second-order valence-corrected chi connectivity index (χ2v) is 6.42. The highest BCUT2D eigenvalue weighted by Gasteiger charge is 2.12. The number of para-hydroxylation sites is 1. The fraction of sp³-hybridized carbons (Fsp3) is 0.300. The lowest BCUT2D eigenvalue weighted by Gasteiger charge is -2.13. The van der Waals surface area contributed by atoms with E-state index in [2.05, 4.69) is 16.0 Å². The second kappa shape index (κ2) is 8.87. The summed E-state index contributed by atoms with van der Waals surface area (Å²) in [7, 11) is 0. The van der Waals surface area contributed by atoms with E-state index in [1.807, 2.05) is 57.2 Å². The van der Waals surface area contributed by atoms with Gasteiger partial charge >= 0.3 is 0 Å². The largest absolute Gasteiger partial charge is 0.376 e. The number of benzene rings is 2. The summed E-state index contributed by atoms with van der Waals surface area (Å²) >= 11 is 0. The number of nitrogens with one attached hydrogen (secondary N) is 3. The third-order valence-electron chi connectivity index (χ3n) is 3.62. The summed E-state index contributed by atoms with van der Waals surface area (Å²) in [4.78, 5) is 24.4.